The predicted octanol–water partition coefficient (Wildman–Crippen LogP) is 10.4. The molecule has 2 heterocycles. The van der Waals surface area contributed by atoms with Crippen molar-refractivity contribution in [3.63, 3.8) is 0 Å². The number of phenolic OH excluding ortho intramolecular Hbond substituents is 1. The van der Waals surface area contributed by atoms with Crippen molar-refractivity contribution >= 4 is 15.7 Å². The Balaban J connectivity index is 0.768. The van der Waals surface area contributed by atoms with E-state index in [1.54, 1.807) is 44.3 Å². The molecule has 0 bridgehead atoms. The number of aromatic nitrogens is 3. The minimum Gasteiger partial charge on any atom is -0.508 e. The fourth-order valence-electron chi connectivity index (χ4n) is 10.2. The molecular weight excluding hydrogens is 733 g/mol. The Labute approximate surface area is 337 Å². The first-order valence-electron chi connectivity index (χ1n) is 21.0. The third kappa shape index (κ3) is 8.00. The smallest absolute Gasteiger partial charge is 0.189 e. The van der Waals surface area contributed by atoms with Crippen molar-refractivity contribution in [2.45, 2.75) is 120 Å². The molecule has 3 N–H and O–H groups in total. The highest BCUT2D eigenvalue weighted by molar-refractivity contribution is 7.92. The zero-order chi connectivity index (χ0) is 39.7. The zero-order valence-corrected chi connectivity index (χ0v) is 34.3. The molecule has 2 saturated carbocycles. The van der Waals surface area contributed by atoms with Gasteiger partial charge in [0.2, 0.25) is 0 Å². The van der Waals surface area contributed by atoms with Crippen LogP contribution in [0.1, 0.15) is 108 Å². The maximum atomic E-state index is 12.5. The minimum absolute atomic E-state index is 0.220. The number of nitrogens with two attached hydrogens (primary N) is 1. The number of anilines is 1. The fraction of sp³-hybridized carbons (Fsp3) is 0.468. The van der Waals surface area contributed by atoms with Crippen LogP contribution in [0.2, 0.25) is 0 Å². The van der Waals surface area contributed by atoms with Crippen LogP contribution in [0.3, 0.4) is 0 Å². The number of nitrogen functional groups attached to an aromatic ring is 1. The lowest BCUT2D eigenvalue weighted by atomic mass is 9.55. The van der Waals surface area contributed by atoms with Gasteiger partial charge in [-0.05, 0) is 136 Å². The molecule has 0 aliphatic heterocycles. The van der Waals surface area contributed by atoms with Gasteiger partial charge in [-0.3, -0.25) is 0 Å². The number of nitrogens with zero attached hydrogens (tertiary/aromatic N) is 3. The molecule has 8 rings (SSSR count). The molecule has 0 amide bonds. The van der Waals surface area contributed by atoms with E-state index in [0.29, 0.717) is 46.0 Å². The van der Waals surface area contributed by atoms with Crippen molar-refractivity contribution in [3.8, 4) is 39.7 Å². The molecule has 57 heavy (non-hydrogen) atoms. The van der Waals surface area contributed by atoms with Gasteiger partial charge >= 0.3 is 0 Å². The van der Waals surface area contributed by atoms with Crippen molar-refractivity contribution < 1.29 is 22.8 Å². The zero-order valence-electron chi connectivity index (χ0n) is 33.5. The second-order valence-electron chi connectivity index (χ2n) is 17.2. The van der Waals surface area contributed by atoms with E-state index in [1.807, 2.05) is 18.2 Å². The topological polar surface area (TPSA) is 141 Å². The Morgan fingerprint density at radius 1 is 0.895 bits per heavy atom. The molecule has 0 radical (unpaired) electrons. The first-order chi connectivity index (χ1) is 27.5. The van der Waals surface area contributed by atoms with Crippen LogP contribution in [-0.2, 0) is 27.4 Å². The van der Waals surface area contributed by atoms with Crippen molar-refractivity contribution in [1.82, 2.24) is 15.1 Å². The van der Waals surface area contributed by atoms with Crippen LogP contribution in [0.15, 0.2) is 88.4 Å². The summed E-state index contributed by atoms with van der Waals surface area (Å²) >= 11 is 0. The molecule has 300 valence electrons. The van der Waals surface area contributed by atoms with Gasteiger partial charge in [0.1, 0.15) is 11.4 Å². The number of unbranched alkanes of at least 4 members (excludes halogenated alkanes) is 4. The van der Waals surface area contributed by atoms with Gasteiger partial charge < -0.3 is 20.1 Å². The number of sulfone groups is 1. The van der Waals surface area contributed by atoms with Crippen molar-refractivity contribution in [2.24, 2.45) is 17.3 Å². The number of fused-ring (bicyclic) bond motifs is 5. The van der Waals surface area contributed by atoms with E-state index in [4.69, 9.17) is 20.0 Å². The number of aromatic hydroxyl groups is 1. The average Bonchev–Trinajstić information content (AvgIpc) is 3.84. The summed E-state index contributed by atoms with van der Waals surface area (Å²) in [7, 11) is -3.37. The summed E-state index contributed by atoms with van der Waals surface area (Å²) in [6.07, 6.45) is 16.3. The van der Waals surface area contributed by atoms with Gasteiger partial charge in [0, 0.05) is 23.8 Å². The van der Waals surface area contributed by atoms with E-state index in [1.165, 1.54) is 68.1 Å². The summed E-state index contributed by atoms with van der Waals surface area (Å²) < 4.78 is 37.4. The van der Waals surface area contributed by atoms with Gasteiger partial charge in [0.25, 0.3) is 0 Å². The number of hydrogen-bond acceptors (Lipinski definition) is 9. The predicted molar refractivity (Wildman–Crippen MR) is 224 cm³/mol. The van der Waals surface area contributed by atoms with Gasteiger partial charge in [-0.1, -0.05) is 73.8 Å². The largest absolute Gasteiger partial charge is 0.508 e. The standard InChI is InChI=1S/C47H56N4O5S/c1-30(2)57(53,54)36-18-14-33(15-19-36)42-29-49-46(48)45(50-42)43-28-41(51-56-43)32-12-10-31(11-13-32)9-7-5-4-6-8-26-55-44-23-22-40-39-20-16-34-27-35(52)17-21-37(34)38(39)24-25-47(40,44)3/h10-15,17-19,21,27-30,38-40,44,52H,4-9,16,20,22-26H2,1-3H3,(H2,48,49)/t38-,39-,40+,44+,47+/m1/s1. The Bertz CT molecular complexity index is 2290. The minimum atomic E-state index is -3.37. The summed E-state index contributed by atoms with van der Waals surface area (Å²) in [5.74, 6) is 3.19. The van der Waals surface area contributed by atoms with Crippen molar-refractivity contribution in [2.75, 3.05) is 12.3 Å². The number of aryl methyl sites for hydroxylation is 2. The molecule has 0 spiro atoms. The lowest BCUT2D eigenvalue weighted by Gasteiger charge is -2.50. The lowest BCUT2D eigenvalue weighted by molar-refractivity contribution is -0.0647. The van der Waals surface area contributed by atoms with Crippen LogP contribution in [-0.4, -0.2) is 46.6 Å². The van der Waals surface area contributed by atoms with E-state index >= 15 is 0 Å². The normalized spacial score (nSPS) is 22.9. The molecule has 5 atom stereocenters. The van der Waals surface area contributed by atoms with Crippen LogP contribution in [0.4, 0.5) is 5.82 Å². The molecule has 9 nitrogen and oxygen atoms in total. The quantitative estimate of drug-likeness (QED) is 0.105. The molecule has 5 aromatic rings. The van der Waals surface area contributed by atoms with E-state index in [9.17, 15) is 13.5 Å². The molecule has 2 fully saturated rings. The number of rotatable bonds is 14. The summed E-state index contributed by atoms with van der Waals surface area (Å²) in [5, 5.41) is 13.8. The third-order valence-electron chi connectivity index (χ3n) is 13.4. The highest BCUT2D eigenvalue weighted by atomic mass is 32.2. The third-order valence-corrected chi connectivity index (χ3v) is 15.6. The SMILES string of the molecule is CC(C)S(=O)(=O)c1ccc(-c2cnc(N)c(-c3cc(-c4ccc(CCCCCCCO[C@H]5CC[C@H]6[C@@H]7CCc8cc(O)ccc8[C@H]7CC[C@]56C)cc4)no3)n2)cc1. The molecular formula is C47H56N4O5S. The van der Waals surface area contributed by atoms with Crippen molar-refractivity contribution in [1.29, 1.82) is 0 Å². The highest BCUT2D eigenvalue weighted by Gasteiger charge is 2.55. The Morgan fingerprint density at radius 3 is 2.42 bits per heavy atom. The molecule has 0 saturated heterocycles. The fourth-order valence-corrected chi connectivity index (χ4v) is 11.2. The van der Waals surface area contributed by atoms with Gasteiger partial charge in [-0.2, -0.15) is 0 Å². The van der Waals surface area contributed by atoms with E-state index < -0.39 is 15.1 Å². The van der Waals surface area contributed by atoms with Gasteiger partial charge in [-0.15, -0.1) is 0 Å². The van der Waals surface area contributed by atoms with Gasteiger partial charge in [-0.25, -0.2) is 18.4 Å². The first-order valence-corrected chi connectivity index (χ1v) is 22.5. The second-order valence-corrected chi connectivity index (χ2v) is 19.7. The molecule has 10 heteroatoms. The summed E-state index contributed by atoms with van der Waals surface area (Å²) in [6.45, 7) is 6.73. The average molecular weight is 789 g/mol. The maximum Gasteiger partial charge on any atom is 0.189 e. The lowest BCUT2D eigenvalue weighted by Crippen LogP contribution is -2.44. The summed E-state index contributed by atoms with van der Waals surface area (Å²) in [4.78, 5) is 9.30. The number of phenols is 1. The molecule has 2 aromatic heterocycles. The number of benzene rings is 3. The number of ether oxygens (including phenoxy) is 1. The van der Waals surface area contributed by atoms with E-state index in [0.717, 1.165) is 55.3 Å². The van der Waals surface area contributed by atoms with Gasteiger partial charge in [0.05, 0.1) is 28.1 Å². The second kappa shape index (κ2) is 16.4. The van der Waals surface area contributed by atoms with Crippen LogP contribution in [0, 0.1) is 17.3 Å². The summed E-state index contributed by atoms with van der Waals surface area (Å²) in [5.41, 5.74) is 14.0. The highest BCUT2D eigenvalue weighted by Crippen LogP contribution is 2.61. The van der Waals surface area contributed by atoms with Gasteiger partial charge in [0.15, 0.2) is 27.1 Å². The van der Waals surface area contributed by atoms with E-state index in [2.05, 4.69) is 47.4 Å². The van der Waals surface area contributed by atoms with E-state index in [-0.39, 0.29) is 10.7 Å². The first kappa shape index (κ1) is 39.3. The van der Waals surface area contributed by atoms with Crippen LogP contribution >= 0.6 is 0 Å². The Hall–Kier alpha value is -4.54. The molecule has 0 unspecified atom stereocenters. The Kier molecular flexibility index (Phi) is 11.3. The summed E-state index contributed by atoms with van der Waals surface area (Å²) in [6, 6.07) is 23.0. The van der Waals surface area contributed by atoms with Crippen LogP contribution < -0.4 is 5.73 Å². The monoisotopic (exact) mass is 788 g/mol. The van der Waals surface area contributed by atoms with Crippen LogP contribution in [0.25, 0.3) is 34.0 Å². The Morgan fingerprint density at radius 2 is 1.63 bits per heavy atom. The molecule has 3 aromatic carbocycles. The molecule has 3 aliphatic rings. The molecule has 3 aliphatic carbocycles. The maximum absolute atomic E-state index is 12.5. The van der Waals surface area contributed by atoms with Crippen LogP contribution in [0.5, 0.6) is 5.75 Å². The van der Waals surface area contributed by atoms with Crippen molar-refractivity contribution in [3.05, 3.63) is 95.7 Å². The number of hydrogen-bond donors (Lipinski definition) is 2.